The SMILES string of the molecule is CCC(NC(=O)CNC(=O)NCc1ccc(F)cc1)c1ccc(C)cc1. The molecular formula is C20H24FN3O2. The minimum atomic E-state index is -0.451. The van der Waals surface area contributed by atoms with Crippen molar-refractivity contribution in [3.05, 3.63) is 71.0 Å². The van der Waals surface area contributed by atoms with Crippen LogP contribution in [0.4, 0.5) is 9.18 Å². The number of nitrogens with one attached hydrogen (secondary N) is 3. The first-order valence-electron chi connectivity index (χ1n) is 8.60. The molecule has 138 valence electrons. The number of benzene rings is 2. The average Bonchev–Trinajstić information content (AvgIpc) is 2.65. The fraction of sp³-hybridized carbons (Fsp3) is 0.300. The molecule has 1 atom stereocenters. The smallest absolute Gasteiger partial charge is 0.315 e. The van der Waals surface area contributed by atoms with Gasteiger partial charge in [-0.15, -0.1) is 0 Å². The van der Waals surface area contributed by atoms with E-state index in [9.17, 15) is 14.0 Å². The van der Waals surface area contributed by atoms with Crippen LogP contribution in [0.1, 0.15) is 36.1 Å². The number of carbonyl (C=O) groups is 2. The minimum absolute atomic E-state index is 0.0906. The van der Waals surface area contributed by atoms with Gasteiger partial charge in [-0.1, -0.05) is 48.9 Å². The molecule has 0 aliphatic carbocycles. The van der Waals surface area contributed by atoms with Crippen molar-refractivity contribution in [3.63, 3.8) is 0 Å². The Labute approximate surface area is 153 Å². The summed E-state index contributed by atoms with van der Waals surface area (Å²) in [5, 5.41) is 8.06. The van der Waals surface area contributed by atoms with Crippen LogP contribution in [0.15, 0.2) is 48.5 Å². The highest BCUT2D eigenvalue weighted by Crippen LogP contribution is 2.16. The van der Waals surface area contributed by atoms with Gasteiger partial charge in [-0.05, 0) is 36.6 Å². The van der Waals surface area contributed by atoms with Crippen LogP contribution in [0, 0.1) is 12.7 Å². The van der Waals surface area contributed by atoms with Gasteiger partial charge in [0.2, 0.25) is 5.91 Å². The topological polar surface area (TPSA) is 70.2 Å². The van der Waals surface area contributed by atoms with E-state index >= 15 is 0 Å². The Morgan fingerprint density at radius 3 is 2.27 bits per heavy atom. The van der Waals surface area contributed by atoms with E-state index in [2.05, 4.69) is 16.0 Å². The van der Waals surface area contributed by atoms with E-state index in [0.717, 1.165) is 23.1 Å². The minimum Gasteiger partial charge on any atom is -0.348 e. The Bertz CT molecular complexity index is 730. The number of hydrogen-bond acceptors (Lipinski definition) is 2. The summed E-state index contributed by atoms with van der Waals surface area (Å²) >= 11 is 0. The molecule has 26 heavy (non-hydrogen) atoms. The third-order valence-corrected chi connectivity index (χ3v) is 4.00. The third kappa shape index (κ3) is 6.20. The fourth-order valence-corrected chi connectivity index (χ4v) is 2.47. The standard InChI is InChI=1S/C20H24FN3O2/c1-3-18(16-8-4-14(2)5-9-16)24-19(25)13-23-20(26)22-12-15-6-10-17(21)11-7-15/h4-11,18H,3,12-13H2,1-2H3,(H,24,25)(H2,22,23,26). The van der Waals surface area contributed by atoms with Crippen molar-refractivity contribution < 1.29 is 14.0 Å². The Morgan fingerprint density at radius 2 is 1.65 bits per heavy atom. The van der Waals surface area contributed by atoms with Gasteiger partial charge in [0.25, 0.3) is 0 Å². The summed E-state index contributed by atoms with van der Waals surface area (Å²) in [6.07, 6.45) is 0.756. The molecule has 0 aliphatic heterocycles. The summed E-state index contributed by atoms with van der Waals surface area (Å²) in [4.78, 5) is 23.8. The van der Waals surface area contributed by atoms with Gasteiger partial charge in [-0.25, -0.2) is 9.18 Å². The number of hydrogen-bond donors (Lipinski definition) is 3. The zero-order chi connectivity index (χ0) is 18.9. The second-order valence-electron chi connectivity index (χ2n) is 6.10. The molecule has 0 aliphatic rings. The summed E-state index contributed by atoms with van der Waals surface area (Å²) < 4.78 is 12.8. The zero-order valence-electron chi connectivity index (χ0n) is 15.0. The number of amides is 3. The molecule has 0 bridgehead atoms. The van der Waals surface area contributed by atoms with Crippen LogP contribution in [0.2, 0.25) is 0 Å². The number of halogens is 1. The van der Waals surface area contributed by atoms with Crippen molar-refractivity contribution >= 4 is 11.9 Å². The quantitative estimate of drug-likeness (QED) is 0.712. The highest BCUT2D eigenvalue weighted by Gasteiger charge is 2.13. The van der Waals surface area contributed by atoms with E-state index in [4.69, 9.17) is 0 Å². The molecule has 3 amide bonds. The van der Waals surface area contributed by atoms with Crippen molar-refractivity contribution in [1.82, 2.24) is 16.0 Å². The summed E-state index contributed by atoms with van der Waals surface area (Å²) in [6.45, 7) is 4.15. The molecule has 0 heterocycles. The van der Waals surface area contributed by atoms with Crippen molar-refractivity contribution in [2.75, 3.05) is 6.54 Å². The molecule has 6 heteroatoms. The lowest BCUT2D eigenvalue weighted by Crippen LogP contribution is -2.42. The predicted octanol–water partition coefficient (Wildman–Crippen LogP) is 3.20. The second-order valence-corrected chi connectivity index (χ2v) is 6.10. The van der Waals surface area contributed by atoms with Crippen LogP contribution in [0.5, 0.6) is 0 Å². The largest absolute Gasteiger partial charge is 0.348 e. The van der Waals surface area contributed by atoms with Gasteiger partial charge in [0.15, 0.2) is 0 Å². The zero-order valence-corrected chi connectivity index (χ0v) is 15.0. The number of aryl methyl sites for hydroxylation is 1. The normalized spacial score (nSPS) is 11.5. The molecular weight excluding hydrogens is 333 g/mol. The highest BCUT2D eigenvalue weighted by molar-refractivity contribution is 5.84. The Hall–Kier alpha value is -2.89. The molecule has 0 saturated heterocycles. The van der Waals surface area contributed by atoms with E-state index in [1.807, 2.05) is 38.1 Å². The van der Waals surface area contributed by atoms with Gasteiger partial charge in [0.1, 0.15) is 5.82 Å². The van der Waals surface area contributed by atoms with Gasteiger partial charge < -0.3 is 16.0 Å². The van der Waals surface area contributed by atoms with Crippen molar-refractivity contribution in [2.45, 2.75) is 32.9 Å². The molecule has 1 unspecified atom stereocenters. The summed E-state index contributed by atoms with van der Waals surface area (Å²) in [5.41, 5.74) is 2.97. The predicted molar refractivity (Wildman–Crippen MR) is 99.0 cm³/mol. The first kappa shape index (κ1) is 19.4. The maximum atomic E-state index is 12.8. The molecule has 0 spiro atoms. The highest BCUT2D eigenvalue weighted by atomic mass is 19.1. The first-order chi connectivity index (χ1) is 12.5. The number of urea groups is 1. The van der Waals surface area contributed by atoms with Gasteiger partial charge in [0, 0.05) is 6.54 Å². The summed E-state index contributed by atoms with van der Waals surface area (Å²) in [5.74, 6) is -0.580. The lowest BCUT2D eigenvalue weighted by atomic mass is 10.0. The Balaban J connectivity index is 1.75. The van der Waals surface area contributed by atoms with Crippen LogP contribution in [0.25, 0.3) is 0 Å². The molecule has 2 aromatic rings. The molecule has 5 nitrogen and oxygen atoms in total. The van der Waals surface area contributed by atoms with Crippen molar-refractivity contribution in [1.29, 1.82) is 0 Å². The Kier molecular flexibility index (Phi) is 7.14. The average molecular weight is 357 g/mol. The van der Waals surface area contributed by atoms with Crippen LogP contribution in [0.3, 0.4) is 0 Å². The fourth-order valence-electron chi connectivity index (χ4n) is 2.47. The molecule has 0 fully saturated rings. The van der Waals surface area contributed by atoms with Gasteiger partial charge in [-0.2, -0.15) is 0 Å². The number of carbonyl (C=O) groups excluding carboxylic acids is 2. The third-order valence-electron chi connectivity index (χ3n) is 4.00. The maximum absolute atomic E-state index is 12.8. The van der Waals surface area contributed by atoms with Gasteiger partial charge >= 0.3 is 6.03 Å². The molecule has 2 rings (SSSR count). The Morgan fingerprint density at radius 1 is 1.00 bits per heavy atom. The van der Waals surface area contributed by atoms with E-state index in [0.29, 0.717) is 0 Å². The summed E-state index contributed by atoms with van der Waals surface area (Å²) in [7, 11) is 0. The van der Waals surface area contributed by atoms with E-state index < -0.39 is 6.03 Å². The van der Waals surface area contributed by atoms with Crippen LogP contribution in [-0.4, -0.2) is 18.5 Å². The molecule has 0 saturated carbocycles. The van der Waals surface area contributed by atoms with E-state index in [1.165, 1.54) is 12.1 Å². The van der Waals surface area contributed by atoms with Crippen LogP contribution < -0.4 is 16.0 Å². The van der Waals surface area contributed by atoms with Crippen molar-refractivity contribution in [2.24, 2.45) is 0 Å². The first-order valence-corrected chi connectivity index (χ1v) is 8.60. The second kappa shape index (κ2) is 9.56. The van der Waals surface area contributed by atoms with Crippen molar-refractivity contribution in [3.8, 4) is 0 Å². The summed E-state index contributed by atoms with van der Waals surface area (Å²) in [6, 6.07) is 13.3. The maximum Gasteiger partial charge on any atom is 0.315 e. The molecule has 3 N–H and O–H groups in total. The van der Waals surface area contributed by atoms with Gasteiger partial charge in [0.05, 0.1) is 12.6 Å². The lowest BCUT2D eigenvalue weighted by molar-refractivity contribution is -0.120. The molecule has 0 radical (unpaired) electrons. The molecule has 2 aromatic carbocycles. The molecule has 0 aromatic heterocycles. The van der Waals surface area contributed by atoms with Crippen LogP contribution >= 0.6 is 0 Å². The lowest BCUT2D eigenvalue weighted by Gasteiger charge is -2.18. The number of rotatable bonds is 7. The van der Waals surface area contributed by atoms with Crippen LogP contribution in [-0.2, 0) is 11.3 Å². The van der Waals surface area contributed by atoms with E-state index in [1.54, 1.807) is 12.1 Å². The van der Waals surface area contributed by atoms with Gasteiger partial charge in [-0.3, -0.25) is 4.79 Å². The monoisotopic (exact) mass is 357 g/mol. The van der Waals surface area contributed by atoms with E-state index in [-0.39, 0.29) is 30.9 Å².